The van der Waals surface area contributed by atoms with E-state index in [0.29, 0.717) is 23.2 Å². The monoisotopic (exact) mass is 423 g/mol. The number of carbonyl (C=O) groups is 1. The van der Waals surface area contributed by atoms with Gasteiger partial charge in [0.2, 0.25) is 5.89 Å². The number of Topliss-reactive ketones (excluding diaryl/α,β-unsaturated/α-hetero) is 1. The third-order valence-corrected chi connectivity index (χ3v) is 5.64. The van der Waals surface area contributed by atoms with Gasteiger partial charge in [0.25, 0.3) is 0 Å². The highest BCUT2D eigenvalue weighted by molar-refractivity contribution is 5.95. The molecule has 2 heterocycles. The lowest BCUT2D eigenvalue weighted by Gasteiger charge is -2.25. The number of alkyl halides is 3. The van der Waals surface area contributed by atoms with Crippen LogP contribution in [0.5, 0.6) is 5.75 Å². The van der Waals surface area contributed by atoms with Crippen LogP contribution in [0.25, 0.3) is 0 Å². The highest BCUT2D eigenvalue weighted by atomic mass is 19.4. The van der Waals surface area contributed by atoms with Crippen LogP contribution in [0.4, 0.5) is 13.2 Å². The molecule has 0 N–H and O–H groups in total. The predicted molar refractivity (Wildman–Crippen MR) is 100 cm³/mol. The molecule has 9 heteroatoms. The molecule has 4 rings (SSSR count). The van der Waals surface area contributed by atoms with E-state index in [0.717, 1.165) is 32.1 Å². The Labute approximate surface area is 172 Å². The number of aromatic nitrogens is 3. The molecule has 1 atom stereocenters. The summed E-state index contributed by atoms with van der Waals surface area (Å²) in [5.41, 5.74) is 0.101. The van der Waals surface area contributed by atoms with Crippen molar-refractivity contribution in [3.8, 4) is 5.75 Å². The van der Waals surface area contributed by atoms with Crippen molar-refractivity contribution in [2.24, 2.45) is 5.92 Å². The molecule has 0 bridgehead atoms. The summed E-state index contributed by atoms with van der Waals surface area (Å²) in [6.45, 7) is 2.22. The van der Waals surface area contributed by atoms with Gasteiger partial charge in [-0.1, -0.05) is 24.9 Å². The molecule has 6 nitrogen and oxygen atoms in total. The number of carbonyl (C=O) groups excluding carboxylic acids is 1. The summed E-state index contributed by atoms with van der Waals surface area (Å²) in [7, 11) is 0. The first-order chi connectivity index (χ1) is 14.1. The fourth-order valence-corrected chi connectivity index (χ4v) is 3.78. The predicted octanol–water partition coefficient (Wildman–Crippen LogP) is 4.92. The molecule has 0 aromatic carbocycles. The summed E-state index contributed by atoms with van der Waals surface area (Å²) in [6, 6.07) is 1.35. The van der Waals surface area contributed by atoms with E-state index in [2.05, 4.69) is 15.1 Å². The molecular formula is C21H24F3N3O3. The number of halogens is 3. The van der Waals surface area contributed by atoms with Gasteiger partial charge in [-0.25, -0.2) is 0 Å². The minimum atomic E-state index is -4.45. The quantitative estimate of drug-likeness (QED) is 0.533. The van der Waals surface area contributed by atoms with Crippen molar-refractivity contribution < 1.29 is 27.2 Å². The molecule has 2 aromatic heterocycles. The smallest absolute Gasteiger partial charge is 0.422 e. The fourth-order valence-electron chi connectivity index (χ4n) is 3.78. The lowest BCUT2D eigenvalue weighted by Crippen LogP contribution is -2.28. The number of hydrogen-bond donors (Lipinski definition) is 0. The summed E-state index contributed by atoms with van der Waals surface area (Å²) in [5.74, 6) is 1.37. The number of ether oxygens (including phenoxy) is 1. The minimum absolute atomic E-state index is 0.0903. The minimum Gasteiger partial charge on any atom is -0.484 e. The van der Waals surface area contributed by atoms with Crippen molar-refractivity contribution in [1.29, 1.82) is 0 Å². The van der Waals surface area contributed by atoms with Crippen LogP contribution in [0.3, 0.4) is 0 Å². The Bertz CT molecular complexity index is 935. The van der Waals surface area contributed by atoms with Crippen LogP contribution in [0.2, 0.25) is 0 Å². The standard InChI is InChI=1S/C21H24F3N3O3/c1-12-26-19(27-30-12)20(2,8-13-3-4-13)9-17(28)16-7-18(29-11-21(22,23)24)15(10-25-16)14-5-6-14/h7,10,13-14H,3-6,8-9,11H2,1-2H3. The Kier molecular flexibility index (Phi) is 5.32. The third-order valence-electron chi connectivity index (χ3n) is 5.64. The zero-order valence-corrected chi connectivity index (χ0v) is 17.0. The van der Waals surface area contributed by atoms with Crippen LogP contribution in [-0.4, -0.2) is 33.7 Å². The van der Waals surface area contributed by atoms with Gasteiger partial charge in [0.1, 0.15) is 11.4 Å². The van der Waals surface area contributed by atoms with Crippen molar-refractivity contribution >= 4 is 5.78 Å². The molecule has 30 heavy (non-hydrogen) atoms. The van der Waals surface area contributed by atoms with Crippen LogP contribution in [0.15, 0.2) is 16.8 Å². The van der Waals surface area contributed by atoms with Gasteiger partial charge in [0.05, 0.1) is 0 Å². The number of ketones is 1. The summed E-state index contributed by atoms with van der Waals surface area (Å²) < 4.78 is 48.1. The van der Waals surface area contributed by atoms with Crippen molar-refractivity contribution in [3.63, 3.8) is 0 Å². The van der Waals surface area contributed by atoms with E-state index in [1.54, 1.807) is 6.92 Å². The van der Waals surface area contributed by atoms with E-state index in [4.69, 9.17) is 9.26 Å². The summed E-state index contributed by atoms with van der Waals surface area (Å²) in [5, 5.41) is 4.03. The zero-order valence-electron chi connectivity index (χ0n) is 17.0. The van der Waals surface area contributed by atoms with Gasteiger partial charge < -0.3 is 9.26 Å². The average molecular weight is 423 g/mol. The van der Waals surface area contributed by atoms with E-state index in [1.807, 2.05) is 6.92 Å². The normalized spacial score (nSPS) is 18.8. The first kappa shape index (κ1) is 20.8. The first-order valence-corrected chi connectivity index (χ1v) is 10.2. The molecule has 2 aliphatic carbocycles. The Balaban J connectivity index is 1.56. The molecule has 0 amide bonds. The summed E-state index contributed by atoms with van der Waals surface area (Å²) >= 11 is 0. The number of aryl methyl sites for hydroxylation is 1. The van der Waals surface area contributed by atoms with Gasteiger partial charge in [-0.2, -0.15) is 18.2 Å². The van der Waals surface area contributed by atoms with Gasteiger partial charge in [-0.15, -0.1) is 0 Å². The lowest BCUT2D eigenvalue weighted by atomic mass is 9.78. The fraction of sp³-hybridized carbons (Fsp3) is 0.619. The maximum atomic E-state index is 13.1. The van der Waals surface area contributed by atoms with Crippen LogP contribution < -0.4 is 4.74 Å². The topological polar surface area (TPSA) is 78.1 Å². The van der Waals surface area contributed by atoms with E-state index < -0.39 is 18.2 Å². The first-order valence-electron chi connectivity index (χ1n) is 10.2. The van der Waals surface area contributed by atoms with E-state index in [-0.39, 0.29) is 29.6 Å². The summed E-state index contributed by atoms with van der Waals surface area (Å²) in [4.78, 5) is 21.6. The molecule has 2 aromatic rings. The molecule has 162 valence electrons. The largest absolute Gasteiger partial charge is 0.484 e. The van der Waals surface area contributed by atoms with Crippen LogP contribution >= 0.6 is 0 Å². The highest BCUT2D eigenvalue weighted by Gasteiger charge is 2.40. The Morgan fingerprint density at radius 2 is 2.00 bits per heavy atom. The molecule has 2 aliphatic rings. The maximum absolute atomic E-state index is 13.1. The van der Waals surface area contributed by atoms with E-state index in [9.17, 15) is 18.0 Å². The molecule has 2 saturated carbocycles. The van der Waals surface area contributed by atoms with E-state index >= 15 is 0 Å². The number of pyridine rings is 1. The molecule has 2 fully saturated rings. The Morgan fingerprint density at radius 3 is 2.57 bits per heavy atom. The average Bonchev–Trinajstić information content (AvgIpc) is 3.59. The molecule has 0 saturated heterocycles. The lowest BCUT2D eigenvalue weighted by molar-refractivity contribution is -0.153. The van der Waals surface area contributed by atoms with Gasteiger partial charge in [-0.05, 0) is 31.1 Å². The molecular weight excluding hydrogens is 399 g/mol. The number of hydrogen-bond acceptors (Lipinski definition) is 6. The van der Waals surface area contributed by atoms with Crippen LogP contribution in [0.1, 0.15) is 79.1 Å². The van der Waals surface area contributed by atoms with Crippen LogP contribution in [0, 0.1) is 12.8 Å². The van der Waals surface area contributed by atoms with Gasteiger partial charge in [-0.3, -0.25) is 9.78 Å². The van der Waals surface area contributed by atoms with Crippen LogP contribution in [-0.2, 0) is 5.41 Å². The Hall–Kier alpha value is -2.45. The number of nitrogens with zero attached hydrogens (tertiary/aromatic N) is 3. The second-order valence-electron chi connectivity index (χ2n) is 8.73. The van der Waals surface area contributed by atoms with Gasteiger partial charge in [0.15, 0.2) is 18.2 Å². The van der Waals surface area contributed by atoms with Crippen molar-refractivity contribution in [3.05, 3.63) is 35.2 Å². The van der Waals surface area contributed by atoms with Crippen molar-refractivity contribution in [1.82, 2.24) is 15.1 Å². The van der Waals surface area contributed by atoms with Gasteiger partial charge in [0, 0.05) is 36.6 Å². The Morgan fingerprint density at radius 1 is 1.27 bits per heavy atom. The zero-order chi connectivity index (χ0) is 21.5. The molecule has 0 spiro atoms. The second-order valence-corrected chi connectivity index (χ2v) is 8.73. The van der Waals surface area contributed by atoms with Crippen molar-refractivity contribution in [2.45, 2.75) is 69.9 Å². The molecule has 0 radical (unpaired) electrons. The van der Waals surface area contributed by atoms with Crippen molar-refractivity contribution in [2.75, 3.05) is 6.61 Å². The highest BCUT2D eigenvalue weighted by Crippen LogP contribution is 2.45. The summed E-state index contributed by atoms with van der Waals surface area (Å²) in [6.07, 6.45) is 1.84. The third kappa shape index (κ3) is 4.99. The second kappa shape index (κ2) is 7.67. The number of rotatable bonds is 9. The maximum Gasteiger partial charge on any atom is 0.422 e. The van der Waals surface area contributed by atoms with Gasteiger partial charge >= 0.3 is 6.18 Å². The SMILES string of the molecule is Cc1nc(C(C)(CC(=O)c2cc(OCC(F)(F)F)c(C3CC3)cn2)CC2CC2)no1. The molecule has 1 unspecified atom stereocenters. The molecule has 0 aliphatic heterocycles. The van der Waals surface area contributed by atoms with E-state index in [1.165, 1.54) is 12.3 Å².